The van der Waals surface area contributed by atoms with Gasteiger partial charge < -0.3 is 55.0 Å². The van der Waals surface area contributed by atoms with Gasteiger partial charge in [-0.2, -0.15) is 0 Å². The highest BCUT2D eigenvalue weighted by Crippen LogP contribution is 2.34. The molecule has 4 fully saturated rings. The number of benzene rings is 2. The highest BCUT2D eigenvalue weighted by molar-refractivity contribution is 5.68. The number of rotatable bonds is 12. The SMILES string of the molecule is CCC(O)[C@H](Cc1ccccc1)NC(=O)OC1COC2OCCC12.NCC(O)[C@H](Cc1ccccc1)NC(=O)OC1COC2OCCC12. The van der Waals surface area contributed by atoms with Gasteiger partial charge in [0, 0.05) is 6.54 Å². The van der Waals surface area contributed by atoms with Gasteiger partial charge in [0.05, 0.1) is 62.6 Å². The number of fused-ring (bicyclic) bond motifs is 2. The molecule has 4 heterocycles. The molecule has 4 saturated heterocycles. The molecule has 10 atom stereocenters. The summed E-state index contributed by atoms with van der Waals surface area (Å²) in [7, 11) is 0. The first-order valence-electron chi connectivity index (χ1n) is 16.9. The maximum absolute atomic E-state index is 12.3. The first-order valence-corrected chi connectivity index (χ1v) is 16.9. The van der Waals surface area contributed by atoms with Crippen molar-refractivity contribution in [2.45, 2.75) is 88.1 Å². The van der Waals surface area contributed by atoms with Crippen molar-refractivity contribution in [3.05, 3.63) is 71.8 Å². The van der Waals surface area contributed by atoms with Gasteiger partial charge in [0.25, 0.3) is 0 Å². The quantitative estimate of drug-likeness (QED) is 0.223. The Kier molecular flexibility index (Phi) is 13.4. The predicted octanol–water partition coefficient (Wildman–Crippen LogP) is 2.26. The van der Waals surface area contributed by atoms with Crippen LogP contribution in [-0.2, 0) is 41.3 Å². The average molecular weight is 672 g/mol. The molecule has 6 N–H and O–H groups in total. The number of amides is 2. The van der Waals surface area contributed by atoms with Crippen LogP contribution in [-0.4, -0.2) is 104 Å². The molecule has 2 aromatic rings. The van der Waals surface area contributed by atoms with E-state index in [1.54, 1.807) is 0 Å². The van der Waals surface area contributed by atoms with Gasteiger partial charge in [-0.1, -0.05) is 67.6 Å². The number of nitrogens with two attached hydrogens (primary N) is 1. The summed E-state index contributed by atoms with van der Waals surface area (Å²) in [6.07, 6.45) is -0.404. The van der Waals surface area contributed by atoms with Crippen molar-refractivity contribution in [3.8, 4) is 0 Å². The van der Waals surface area contributed by atoms with E-state index in [0.29, 0.717) is 45.7 Å². The Balaban J connectivity index is 0.000000188. The van der Waals surface area contributed by atoms with Gasteiger partial charge in [-0.15, -0.1) is 0 Å². The zero-order valence-corrected chi connectivity index (χ0v) is 27.4. The summed E-state index contributed by atoms with van der Waals surface area (Å²) in [4.78, 5) is 24.5. The Morgan fingerprint density at radius 1 is 0.750 bits per heavy atom. The molecule has 2 aromatic carbocycles. The van der Waals surface area contributed by atoms with Crippen LogP contribution in [0.1, 0.15) is 37.3 Å². The number of nitrogens with one attached hydrogen (secondary N) is 2. The fourth-order valence-electron chi connectivity index (χ4n) is 6.49. The summed E-state index contributed by atoms with van der Waals surface area (Å²) in [5, 5.41) is 25.9. The van der Waals surface area contributed by atoms with Crippen LogP contribution in [0.5, 0.6) is 0 Å². The van der Waals surface area contributed by atoms with E-state index in [2.05, 4.69) is 10.6 Å². The minimum Gasteiger partial charge on any atom is -0.443 e. The molecular formula is C35H49N3O10. The number of hydrogen-bond acceptors (Lipinski definition) is 11. The molecule has 4 aliphatic heterocycles. The Hall–Kier alpha value is -3.30. The monoisotopic (exact) mass is 671 g/mol. The van der Waals surface area contributed by atoms with E-state index in [9.17, 15) is 19.8 Å². The third-order valence-electron chi connectivity index (χ3n) is 9.28. The van der Waals surface area contributed by atoms with Gasteiger partial charge in [-0.05, 0) is 43.2 Å². The number of ether oxygens (including phenoxy) is 6. The van der Waals surface area contributed by atoms with Gasteiger partial charge in [-0.3, -0.25) is 0 Å². The summed E-state index contributed by atoms with van der Waals surface area (Å²) in [5.74, 6) is 0.196. The number of carbonyl (C=O) groups excluding carboxylic acids is 2. The van der Waals surface area contributed by atoms with Crippen molar-refractivity contribution in [1.29, 1.82) is 0 Å². The lowest BCUT2D eigenvalue weighted by Crippen LogP contribution is -2.49. The molecule has 6 rings (SSSR count). The van der Waals surface area contributed by atoms with Crippen LogP contribution in [0.3, 0.4) is 0 Å². The minimum absolute atomic E-state index is 0.0584. The van der Waals surface area contributed by atoms with Crippen LogP contribution >= 0.6 is 0 Å². The van der Waals surface area contributed by atoms with E-state index in [0.717, 1.165) is 24.0 Å². The molecule has 0 radical (unpaired) electrons. The first-order chi connectivity index (χ1) is 23.3. The van der Waals surface area contributed by atoms with Gasteiger partial charge in [0.2, 0.25) is 0 Å². The Bertz CT molecular complexity index is 1180. The molecule has 4 aliphatic rings. The summed E-state index contributed by atoms with van der Waals surface area (Å²) in [6.45, 7) is 3.92. The third kappa shape index (κ3) is 9.88. The van der Waals surface area contributed by atoms with Crippen molar-refractivity contribution >= 4 is 12.2 Å². The molecule has 13 nitrogen and oxygen atoms in total. The van der Waals surface area contributed by atoms with Crippen LogP contribution in [0.15, 0.2) is 60.7 Å². The summed E-state index contributed by atoms with van der Waals surface area (Å²) in [6, 6.07) is 18.5. The van der Waals surface area contributed by atoms with E-state index in [1.807, 2.05) is 67.6 Å². The molecule has 2 amide bonds. The molecule has 0 aliphatic carbocycles. The van der Waals surface area contributed by atoms with Crippen LogP contribution in [0.4, 0.5) is 9.59 Å². The lowest BCUT2D eigenvalue weighted by Gasteiger charge is -2.24. The number of carbonyl (C=O) groups is 2. The molecule has 0 bridgehead atoms. The second kappa shape index (κ2) is 17.9. The van der Waals surface area contributed by atoms with Crippen molar-refractivity contribution in [1.82, 2.24) is 10.6 Å². The largest absolute Gasteiger partial charge is 0.443 e. The van der Waals surface area contributed by atoms with E-state index in [-0.39, 0.29) is 49.2 Å². The van der Waals surface area contributed by atoms with E-state index >= 15 is 0 Å². The topological polar surface area (TPSA) is 180 Å². The molecule has 264 valence electrons. The van der Waals surface area contributed by atoms with Gasteiger partial charge in [0.1, 0.15) is 12.2 Å². The van der Waals surface area contributed by atoms with Crippen molar-refractivity contribution < 1.29 is 48.2 Å². The molecule has 0 spiro atoms. The molecule has 0 aromatic heterocycles. The zero-order valence-electron chi connectivity index (χ0n) is 27.4. The fourth-order valence-corrected chi connectivity index (χ4v) is 6.49. The van der Waals surface area contributed by atoms with E-state index < -0.39 is 30.4 Å². The number of aliphatic hydroxyl groups excluding tert-OH is 2. The van der Waals surface area contributed by atoms with Crippen molar-refractivity contribution in [2.75, 3.05) is 33.0 Å². The number of hydrogen-bond donors (Lipinski definition) is 5. The lowest BCUT2D eigenvalue weighted by atomic mass is 10.00. The van der Waals surface area contributed by atoms with Crippen molar-refractivity contribution in [3.63, 3.8) is 0 Å². The normalized spacial score (nSPS) is 28.2. The van der Waals surface area contributed by atoms with Gasteiger partial charge in [-0.25, -0.2) is 9.59 Å². The fraction of sp³-hybridized carbons (Fsp3) is 0.600. The Morgan fingerprint density at radius 3 is 1.60 bits per heavy atom. The summed E-state index contributed by atoms with van der Waals surface area (Å²) in [5.41, 5.74) is 7.62. The first kappa shape index (κ1) is 36.0. The molecule has 0 saturated carbocycles. The molecular weight excluding hydrogens is 622 g/mol. The van der Waals surface area contributed by atoms with Crippen LogP contribution in [0.2, 0.25) is 0 Å². The van der Waals surface area contributed by atoms with Crippen LogP contribution in [0.25, 0.3) is 0 Å². The smallest absolute Gasteiger partial charge is 0.407 e. The maximum Gasteiger partial charge on any atom is 0.407 e. The van der Waals surface area contributed by atoms with Crippen LogP contribution < -0.4 is 16.4 Å². The van der Waals surface area contributed by atoms with Gasteiger partial charge >= 0.3 is 12.2 Å². The third-order valence-corrected chi connectivity index (χ3v) is 9.28. The predicted molar refractivity (Wildman–Crippen MR) is 174 cm³/mol. The summed E-state index contributed by atoms with van der Waals surface area (Å²) < 4.78 is 32.8. The van der Waals surface area contributed by atoms with Crippen molar-refractivity contribution in [2.24, 2.45) is 17.6 Å². The van der Waals surface area contributed by atoms with Crippen LogP contribution in [0, 0.1) is 11.8 Å². The van der Waals surface area contributed by atoms with E-state index in [1.165, 1.54) is 0 Å². The van der Waals surface area contributed by atoms with Gasteiger partial charge in [0.15, 0.2) is 12.6 Å². The van der Waals surface area contributed by atoms with E-state index in [4.69, 9.17) is 34.2 Å². The molecule has 8 unspecified atom stereocenters. The summed E-state index contributed by atoms with van der Waals surface area (Å²) >= 11 is 0. The standard InChI is InChI=1S/C18H25NO5.C17H24N2O5/c1-2-15(20)14(10-12-6-4-3-5-7-12)19-18(21)24-16-11-23-17-13(16)8-9-22-17;18-9-14(20)13(8-11-4-2-1-3-5-11)19-17(21)24-15-10-23-16-12(15)6-7-22-16/h3-7,13-17,20H,2,8-11H2,1H3,(H,19,21);1-5,12-16,20H,6-10,18H2,(H,19,21)/t13?,14-,15?,16?,17?;12?,13-,14?,15?,16?/m00/s1. The second-order valence-electron chi connectivity index (χ2n) is 12.6. The Morgan fingerprint density at radius 2 is 1.19 bits per heavy atom. The minimum atomic E-state index is -0.847. The second-order valence-corrected chi connectivity index (χ2v) is 12.6. The molecule has 13 heteroatoms. The number of alkyl carbamates (subject to hydrolysis) is 2. The highest BCUT2D eigenvalue weighted by Gasteiger charge is 2.45. The average Bonchev–Trinajstić information content (AvgIpc) is 3.91. The lowest BCUT2D eigenvalue weighted by molar-refractivity contribution is -0.0909. The Labute approximate surface area is 281 Å². The zero-order chi connectivity index (χ0) is 33.9. The maximum atomic E-state index is 12.3. The molecule has 48 heavy (non-hydrogen) atoms. The number of aliphatic hydroxyl groups is 2. The highest BCUT2D eigenvalue weighted by atomic mass is 16.7.